The van der Waals surface area contributed by atoms with E-state index in [0.29, 0.717) is 6.61 Å². The Kier molecular flexibility index (Phi) is 6.01. The van der Waals surface area contributed by atoms with Crippen LogP contribution in [0.25, 0.3) is 0 Å². The standard InChI is InChI=1S/C21H21NO3/c23-21(22-25-16-8-14-19-13-7-15-24-19)20(17-9-3-1-4-10-17)18-11-5-2-6-12-18/h1-7,9-13,15,20H,8,14,16H2,(H,22,23). The Morgan fingerprint density at radius 1 is 0.920 bits per heavy atom. The summed E-state index contributed by atoms with van der Waals surface area (Å²) in [5.74, 6) is 0.351. The van der Waals surface area contributed by atoms with E-state index in [-0.39, 0.29) is 5.91 Å². The number of carbonyl (C=O) groups is 1. The van der Waals surface area contributed by atoms with Crippen molar-refractivity contribution < 1.29 is 14.0 Å². The molecule has 3 aromatic rings. The van der Waals surface area contributed by atoms with Crippen LogP contribution in [0.5, 0.6) is 0 Å². The second-order valence-electron chi connectivity index (χ2n) is 5.75. The maximum Gasteiger partial charge on any atom is 0.255 e. The van der Waals surface area contributed by atoms with Gasteiger partial charge in [0.2, 0.25) is 0 Å². The van der Waals surface area contributed by atoms with Gasteiger partial charge < -0.3 is 4.42 Å². The normalized spacial score (nSPS) is 10.8. The van der Waals surface area contributed by atoms with Crippen molar-refractivity contribution in [2.24, 2.45) is 0 Å². The first kappa shape index (κ1) is 17.0. The van der Waals surface area contributed by atoms with Crippen molar-refractivity contribution >= 4 is 5.91 Å². The Bertz CT molecular complexity index is 715. The molecule has 0 bridgehead atoms. The number of rotatable bonds is 8. The van der Waals surface area contributed by atoms with Crippen molar-refractivity contribution in [2.75, 3.05) is 6.61 Å². The maximum absolute atomic E-state index is 12.7. The van der Waals surface area contributed by atoms with E-state index in [4.69, 9.17) is 9.25 Å². The predicted octanol–water partition coefficient (Wildman–Crippen LogP) is 4.09. The van der Waals surface area contributed by atoms with Gasteiger partial charge in [-0.15, -0.1) is 0 Å². The number of benzene rings is 2. The largest absolute Gasteiger partial charge is 0.469 e. The zero-order valence-electron chi connectivity index (χ0n) is 13.9. The van der Waals surface area contributed by atoms with Crippen LogP contribution in [0.2, 0.25) is 0 Å². The maximum atomic E-state index is 12.7. The highest BCUT2D eigenvalue weighted by molar-refractivity contribution is 5.86. The summed E-state index contributed by atoms with van der Waals surface area (Å²) in [7, 11) is 0. The molecule has 0 atom stereocenters. The number of nitrogens with one attached hydrogen (secondary N) is 1. The van der Waals surface area contributed by atoms with Crippen LogP contribution in [0, 0.1) is 0 Å². The zero-order chi connectivity index (χ0) is 17.3. The first-order valence-electron chi connectivity index (χ1n) is 8.38. The van der Waals surface area contributed by atoms with E-state index in [1.54, 1.807) is 6.26 Å². The van der Waals surface area contributed by atoms with Gasteiger partial charge in [0.15, 0.2) is 0 Å². The predicted molar refractivity (Wildman–Crippen MR) is 95.9 cm³/mol. The highest BCUT2D eigenvalue weighted by atomic mass is 16.6. The molecule has 0 saturated heterocycles. The lowest BCUT2D eigenvalue weighted by molar-refractivity contribution is -0.134. The Morgan fingerprint density at radius 3 is 2.12 bits per heavy atom. The SMILES string of the molecule is O=C(NOCCCc1ccco1)C(c1ccccc1)c1ccccc1. The van der Waals surface area contributed by atoms with Crippen molar-refractivity contribution in [3.05, 3.63) is 95.9 Å². The van der Waals surface area contributed by atoms with Gasteiger partial charge in [-0.2, -0.15) is 0 Å². The smallest absolute Gasteiger partial charge is 0.255 e. The fraction of sp³-hybridized carbons (Fsp3) is 0.190. The molecule has 0 unspecified atom stereocenters. The molecule has 1 N–H and O–H groups in total. The van der Waals surface area contributed by atoms with Gasteiger partial charge in [0.05, 0.1) is 18.8 Å². The molecule has 1 heterocycles. The number of hydrogen-bond donors (Lipinski definition) is 1. The van der Waals surface area contributed by atoms with E-state index in [1.807, 2.05) is 72.8 Å². The van der Waals surface area contributed by atoms with Gasteiger partial charge in [-0.1, -0.05) is 60.7 Å². The molecule has 4 nitrogen and oxygen atoms in total. The topological polar surface area (TPSA) is 51.5 Å². The number of furan rings is 1. The average molecular weight is 335 g/mol. The monoisotopic (exact) mass is 335 g/mol. The van der Waals surface area contributed by atoms with Gasteiger partial charge in [-0.3, -0.25) is 9.63 Å². The van der Waals surface area contributed by atoms with Gasteiger partial charge in [-0.05, 0) is 29.7 Å². The lowest BCUT2D eigenvalue weighted by Gasteiger charge is -2.17. The van der Waals surface area contributed by atoms with Crippen LogP contribution in [0.1, 0.15) is 29.2 Å². The quantitative estimate of drug-likeness (QED) is 0.498. The molecule has 1 amide bonds. The van der Waals surface area contributed by atoms with Crippen LogP contribution >= 0.6 is 0 Å². The summed E-state index contributed by atoms with van der Waals surface area (Å²) >= 11 is 0. The van der Waals surface area contributed by atoms with Crippen LogP contribution in [0.4, 0.5) is 0 Å². The van der Waals surface area contributed by atoms with Crippen LogP contribution in [0.3, 0.4) is 0 Å². The van der Waals surface area contributed by atoms with E-state index < -0.39 is 5.92 Å². The summed E-state index contributed by atoms with van der Waals surface area (Å²) in [6, 6.07) is 23.2. The van der Waals surface area contributed by atoms with Crippen molar-refractivity contribution in [3.63, 3.8) is 0 Å². The van der Waals surface area contributed by atoms with Crippen LogP contribution in [-0.2, 0) is 16.1 Å². The summed E-state index contributed by atoms with van der Waals surface area (Å²) in [5, 5.41) is 0. The van der Waals surface area contributed by atoms with Crippen molar-refractivity contribution in [3.8, 4) is 0 Å². The molecular formula is C21H21NO3. The van der Waals surface area contributed by atoms with Gasteiger partial charge in [0, 0.05) is 6.42 Å². The van der Waals surface area contributed by atoms with Gasteiger partial charge >= 0.3 is 0 Å². The van der Waals surface area contributed by atoms with Crippen molar-refractivity contribution in [2.45, 2.75) is 18.8 Å². The molecular weight excluding hydrogens is 314 g/mol. The molecule has 0 aliphatic rings. The average Bonchev–Trinajstić information content (AvgIpc) is 3.17. The Balaban J connectivity index is 1.58. The minimum absolute atomic E-state index is 0.171. The second kappa shape index (κ2) is 8.85. The van der Waals surface area contributed by atoms with Crippen molar-refractivity contribution in [1.82, 2.24) is 5.48 Å². The second-order valence-corrected chi connectivity index (χ2v) is 5.75. The first-order chi connectivity index (χ1) is 12.3. The number of hydroxylamine groups is 1. The summed E-state index contributed by atoms with van der Waals surface area (Å²) in [5.41, 5.74) is 4.46. The van der Waals surface area contributed by atoms with E-state index in [1.165, 1.54) is 0 Å². The lowest BCUT2D eigenvalue weighted by Crippen LogP contribution is -2.30. The highest BCUT2D eigenvalue weighted by Crippen LogP contribution is 2.24. The Labute approximate surface area is 147 Å². The zero-order valence-corrected chi connectivity index (χ0v) is 13.9. The molecule has 3 rings (SSSR count). The molecule has 25 heavy (non-hydrogen) atoms. The van der Waals surface area contributed by atoms with E-state index in [2.05, 4.69) is 5.48 Å². The molecule has 0 saturated carbocycles. The molecule has 4 heteroatoms. The minimum atomic E-state index is -0.396. The molecule has 2 aromatic carbocycles. The lowest BCUT2D eigenvalue weighted by atomic mass is 9.91. The Hall–Kier alpha value is -2.85. The molecule has 0 aliphatic heterocycles. The third-order valence-electron chi connectivity index (χ3n) is 3.95. The van der Waals surface area contributed by atoms with Gasteiger partial charge in [-0.25, -0.2) is 5.48 Å². The molecule has 0 fully saturated rings. The summed E-state index contributed by atoms with van der Waals surface area (Å²) in [4.78, 5) is 18.1. The first-order valence-corrected chi connectivity index (χ1v) is 8.38. The van der Waals surface area contributed by atoms with E-state index >= 15 is 0 Å². The highest BCUT2D eigenvalue weighted by Gasteiger charge is 2.22. The van der Waals surface area contributed by atoms with Gasteiger partial charge in [0.1, 0.15) is 5.76 Å². The minimum Gasteiger partial charge on any atom is -0.469 e. The third-order valence-corrected chi connectivity index (χ3v) is 3.95. The number of aryl methyl sites for hydroxylation is 1. The van der Waals surface area contributed by atoms with E-state index in [0.717, 1.165) is 29.7 Å². The number of amides is 1. The summed E-state index contributed by atoms with van der Waals surface area (Å²) < 4.78 is 5.27. The van der Waals surface area contributed by atoms with Crippen LogP contribution in [0.15, 0.2) is 83.5 Å². The molecule has 0 radical (unpaired) electrons. The number of carbonyl (C=O) groups excluding carboxylic acids is 1. The molecule has 0 aliphatic carbocycles. The van der Waals surface area contributed by atoms with Crippen LogP contribution in [-0.4, -0.2) is 12.5 Å². The fourth-order valence-electron chi connectivity index (χ4n) is 2.74. The fourth-order valence-corrected chi connectivity index (χ4v) is 2.74. The van der Waals surface area contributed by atoms with Crippen LogP contribution < -0.4 is 5.48 Å². The molecule has 128 valence electrons. The van der Waals surface area contributed by atoms with Crippen molar-refractivity contribution in [1.29, 1.82) is 0 Å². The summed E-state index contributed by atoms with van der Waals surface area (Å²) in [6.45, 7) is 0.433. The Morgan fingerprint density at radius 2 is 1.56 bits per heavy atom. The summed E-state index contributed by atoms with van der Waals surface area (Å²) in [6.07, 6.45) is 3.21. The third kappa shape index (κ3) is 4.81. The molecule has 1 aromatic heterocycles. The number of hydrogen-bond acceptors (Lipinski definition) is 3. The van der Waals surface area contributed by atoms with Gasteiger partial charge in [0.25, 0.3) is 5.91 Å². The van der Waals surface area contributed by atoms with E-state index in [9.17, 15) is 4.79 Å². The molecule has 0 spiro atoms.